The van der Waals surface area contributed by atoms with E-state index in [-0.39, 0.29) is 200 Å². The van der Waals surface area contributed by atoms with E-state index in [4.69, 9.17) is 37.9 Å². The number of thioether (sulfide) groups is 2. The van der Waals surface area contributed by atoms with Crippen LogP contribution in [0.4, 0.5) is 0 Å². The number of aliphatic hydroxyl groups is 3. The lowest BCUT2D eigenvalue weighted by Gasteiger charge is -2.39. The van der Waals surface area contributed by atoms with Crippen LogP contribution < -0.4 is 0 Å². The predicted octanol–water partition coefficient (Wildman–Crippen LogP) is 15.6. The van der Waals surface area contributed by atoms with Gasteiger partial charge in [0.25, 0.3) is 0 Å². The van der Waals surface area contributed by atoms with Crippen molar-refractivity contribution in [2.45, 2.75) is 305 Å². The fraction of sp³-hybridized carbons (Fsp3) is 0.710. The van der Waals surface area contributed by atoms with E-state index in [1.807, 2.05) is 156 Å². The second-order valence-electron chi connectivity index (χ2n) is 39.0. The summed E-state index contributed by atoms with van der Waals surface area (Å²) in [6.07, 6.45) is 5.36. The Bertz CT molecular complexity index is 4140. The molecule has 0 aliphatic carbocycles. The third-order valence-corrected chi connectivity index (χ3v) is 31.5. The number of nitrogens with zero attached hydrogens (tertiary/aromatic N) is 5. The summed E-state index contributed by atoms with van der Waals surface area (Å²) in [4.78, 5) is 135. The van der Waals surface area contributed by atoms with Crippen molar-refractivity contribution in [3.05, 3.63) is 120 Å². The normalized spacial score (nSPS) is 24.1. The number of aryl methyl sites for hydroxylation is 1. The molecular formula is C107H167N5O20S2. The number of ketones is 6. The maximum atomic E-state index is 13.8. The zero-order valence-electron chi connectivity index (χ0n) is 85.0. The molecule has 5 aliphatic heterocycles. The first-order chi connectivity index (χ1) is 64.0. The smallest absolute Gasteiger partial charge is 0.225 e. The second-order valence-corrected chi connectivity index (χ2v) is 41.3. The molecule has 0 radical (unpaired) electrons. The number of hydrogen-bond acceptors (Lipinski definition) is 24. The first-order valence-electron chi connectivity index (χ1n) is 49.5. The molecule has 3 aromatic carbocycles. The largest absolute Gasteiger partial charge is 0.396 e. The fourth-order valence-corrected chi connectivity index (χ4v) is 21.2. The Balaban J connectivity index is 0.000000310. The average Bonchev–Trinajstić information content (AvgIpc) is 1.66. The monoisotopic (exact) mass is 1910 g/mol. The van der Waals surface area contributed by atoms with Gasteiger partial charge in [0, 0.05) is 180 Å². The summed E-state index contributed by atoms with van der Waals surface area (Å²) in [7, 11) is 13.2. The number of carbonyl (C=O) groups excluding carboxylic acids is 9. The van der Waals surface area contributed by atoms with Crippen LogP contribution in [0, 0.1) is 82.9 Å². The van der Waals surface area contributed by atoms with Gasteiger partial charge in [0.2, 0.25) is 17.7 Å². The standard InChI is InChI=1S/C37H58N2O7S.C36H54N2O6S.C34H55NO7/c1-9-24(4)33(39(6)37(43)25(5)23(2)3)32(44-7)21-28(41)15-16-31-29(22-40)34(45-8)35(46-31)30(42)20-27(36-38-17-18-47-36)19-26-13-11-10-12-14-26;1-8-24(4)30(38(6)36(42)25(5)23(2)3)16-14-28(40)15-17-32-29(22-39)33(43-7)34(44-32)31(41)21-27(35-37-18-19-45-35)20-26-12-10-9-11-13-26;1-9-23(4)31(35(6)34(39)24(5)22(2)3)30(40-7)20-26(37)18-19-29-27(21-36)32(41-8)33(42-29)28(38)17-13-16-25-14-11-10-12-15-25/h10-14,23-25,27,29,31-35,40H,9,15-22H2,1-8H3;9-14,16,23-25,27,29-30,32-34,39H,8,15,17-22H2,1-7H3;10-12,14-15,22-24,27,29-33,36H,9,13,16-21H2,1-8H3/b;16-14+;/t24-,25-,27+,29+,31+,32-,33?,34-,35+;24-,25-,27+,29+,30?,32+,33-,34-;23-,24-,27+,29+,30+,31?,32-,33?/m000/s1. The van der Waals surface area contributed by atoms with Gasteiger partial charge in [0.1, 0.15) is 29.9 Å². The van der Waals surface area contributed by atoms with Crippen molar-refractivity contribution in [3.8, 4) is 0 Å². The van der Waals surface area contributed by atoms with Crippen molar-refractivity contribution in [2.24, 2.45) is 92.8 Å². The summed E-state index contributed by atoms with van der Waals surface area (Å²) in [5, 5.41) is 32.8. The third-order valence-electron chi connectivity index (χ3n) is 29.2. The second kappa shape index (κ2) is 59.8. The summed E-state index contributed by atoms with van der Waals surface area (Å²) < 4.78 is 47.6. The number of rotatable bonds is 57. The van der Waals surface area contributed by atoms with Crippen LogP contribution in [-0.2, 0) is 100 Å². The van der Waals surface area contributed by atoms with Gasteiger partial charge in [-0.2, -0.15) is 0 Å². The van der Waals surface area contributed by atoms with Gasteiger partial charge in [-0.05, 0) is 103 Å². The van der Waals surface area contributed by atoms with E-state index in [0.29, 0.717) is 44.9 Å². The molecule has 25 nitrogen and oxygen atoms in total. The number of amides is 3. The molecule has 0 bridgehead atoms. The number of allylic oxidation sites excluding steroid dienone is 1. The first kappa shape index (κ1) is 116. The van der Waals surface area contributed by atoms with Crippen LogP contribution >= 0.6 is 23.5 Å². The number of ether oxygens (including phenoxy) is 8. The van der Waals surface area contributed by atoms with E-state index in [1.165, 1.54) is 12.7 Å². The lowest BCUT2D eigenvalue weighted by Crippen LogP contribution is -2.51. The maximum Gasteiger partial charge on any atom is 0.225 e. The first-order valence-corrected chi connectivity index (χ1v) is 51.5. The topological polar surface area (TPSA) is 323 Å². The molecule has 0 aromatic heterocycles. The number of carbonyl (C=O) groups is 9. The molecule has 4 unspecified atom stereocenters. The van der Waals surface area contributed by atoms with Gasteiger partial charge in [-0.3, -0.25) is 53.1 Å². The molecule has 5 heterocycles. The highest BCUT2D eigenvalue weighted by Gasteiger charge is 2.52. The van der Waals surface area contributed by atoms with E-state index in [2.05, 4.69) is 75.8 Å². The van der Waals surface area contributed by atoms with Crippen LogP contribution in [0.25, 0.3) is 0 Å². The fourth-order valence-electron chi connectivity index (χ4n) is 19.3. The van der Waals surface area contributed by atoms with E-state index in [0.717, 1.165) is 71.5 Å². The van der Waals surface area contributed by atoms with Crippen molar-refractivity contribution >= 4 is 86.0 Å². The van der Waals surface area contributed by atoms with Crippen molar-refractivity contribution in [1.82, 2.24) is 14.7 Å². The molecule has 25 atom stereocenters. The number of aliphatic imine (C=N–C) groups is 2. The van der Waals surface area contributed by atoms with Gasteiger partial charge in [0.05, 0.1) is 96.9 Å². The molecule has 3 amide bonds. The molecule has 134 heavy (non-hydrogen) atoms. The number of likely N-dealkylation sites (N-methyl/N-ethyl adjacent to an activating group) is 3. The zero-order valence-corrected chi connectivity index (χ0v) is 86.6. The summed E-state index contributed by atoms with van der Waals surface area (Å²) in [6, 6.07) is 29.6. The van der Waals surface area contributed by atoms with Gasteiger partial charge in [-0.1, -0.05) is 220 Å². The molecule has 752 valence electrons. The third kappa shape index (κ3) is 33.9. The summed E-state index contributed by atoms with van der Waals surface area (Å²) in [5.74, 6) is 1.15. The lowest BCUT2D eigenvalue weighted by molar-refractivity contribution is -0.143. The van der Waals surface area contributed by atoms with Crippen molar-refractivity contribution < 1.29 is 96.4 Å². The minimum Gasteiger partial charge on any atom is -0.396 e. The minimum atomic E-state index is -0.827. The van der Waals surface area contributed by atoms with Crippen LogP contribution in [0.3, 0.4) is 0 Å². The molecule has 27 heteroatoms. The van der Waals surface area contributed by atoms with Gasteiger partial charge in [0.15, 0.2) is 23.1 Å². The molecule has 3 N–H and O–H groups in total. The molecule has 5 aliphatic rings. The van der Waals surface area contributed by atoms with Crippen molar-refractivity contribution in [1.29, 1.82) is 0 Å². The highest BCUT2D eigenvalue weighted by molar-refractivity contribution is 8.14. The highest BCUT2D eigenvalue weighted by Crippen LogP contribution is 2.40. The summed E-state index contributed by atoms with van der Waals surface area (Å²) >= 11 is 3.42. The summed E-state index contributed by atoms with van der Waals surface area (Å²) in [6.45, 7) is 31.5. The minimum absolute atomic E-state index is 0.000181. The van der Waals surface area contributed by atoms with Gasteiger partial charge in [-0.25, -0.2) is 0 Å². The van der Waals surface area contributed by atoms with Crippen LogP contribution in [0.15, 0.2) is 113 Å². The van der Waals surface area contributed by atoms with Gasteiger partial charge in [-0.15, -0.1) is 23.5 Å². The van der Waals surface area contributed by atoms with Crippen LogP contribution in [0.2, 0.25) is 0 Å². The molecule has 3 aromatic rings. The van der Waals surface area contributed by atoms with E-state index in [1.54, 1.807) is 72.7 Å². The van der Waals surface area contributed by atoms with E-state index in [9.17, 15) is 58.5 Å². The highest BCUT2D eigenvalue weighted by atomic mass is 32.2. The van der Waals surface area contributed by atoms with Crippen molar-refractivity contribution in [2.75, 3.05) is 101 Å². The SMILES string of the molecule is CC[C@H](C)C(/C=C/C(=O)CC[C@H]1O[C@@H](C(=O)C[C@@H](Cc2ccccc2)C2=NCCS2)[C@@H](OC)[C@@H]1CO)N(C)C(=O)[C@@H](C)C(C)C.CC[C@H](C)C([C@@H](CC(=O)CC[C@H]1OC(C(=O)CCCc2ccccc2)[C@@H](OC)[C@@H]1CO)OC)N(C)C(=O)[C@@H](C)C(C)C.CC[C@H](C)C([C@H](CC(=O)CC[C@H]1O[C@H](C(=O)C[C@@H](Cc2ccccc2)C2=NCCS2)[C@@H](OC)[C@@H]1CO)OC)N(C)C(=O)[C@@H](C)C(C)C. The lowest BCUT2D eigenvalue weighted by atomic mass is 9.87. The Morgan fingerprint density at radius 3 is 1.09 bits per heavy atom. The summed E-state index contributed by atoms with van der Waals surface area (Å²) in [5.41, 5.74) is 3.48. The molecule has 3 fully saturated rings. The average molecular weight is 1910 g/mol. The number of methoxy groups -OCH3 is 5. The molecule has 3 saturated heterocycles. The Hall–Kier alpha value is -6.57. The zero-order chi connectivity index (χ0) is 99.2. The van der Waals surface area contributed by atoms with Crippen LogP contribution in [0.5, 0.6) is 0 Å². The van der Waals surface area contributed by atoms with Gasteiger partial charge >= 0.3 is 0 Å². The molecular weight excluding hydrogens is 1740 g/mol. The molecule has 0 saturated carbocycles. The Kier molecular flexibility index (Phi) is 51.8. The quantitative estimate of drug-likeness (QED) is 0.0442. The number of aliphatic hydroxyl groups excluding tert-OH is 3. The van der Waals surface area contributed by atoms with E-state index >= 15 is 0 Å². The Labute approximate surface area is 810 Å². The van der Waals surface area contributed by atoms with Crippen LogP contribution in [-0.4, -0.2) is 279 Å². The van der Waals surface area contributed by atoms with Gasteiger partial charge < -0.3 is 67.9 Å². The maximum absolute atomic E-state index is 13.8. The predicted molar refractivity (Wildman–Crippen MR) is 533 cm³/mol. The number of hydrogen-bond donors (Lipinski definition) is 3. The molecule has 0 spiro atoms. The Morgan fingerprint density at radius 1 is 0.440 bits per heavy atom. The van der Waals surface area contributed by atoms with Crippen LogP contribution in [0.1, 0.15) is 217 Å². The Morgan fingerprint density at radius 2 is 0.776 bits per heavy atom. The molecule has 8 rings (SSSR count). The number of benzene rings is 3. The van der Waals surface area contributed by atoms with E-state index < -0.39 is 84.9 Å². The number of Topliss-reactive ketones (excluding diaryl/α,β-unsaturated/α-hetero) is 5. The van der Waals surface area contributed by atoms with Crippen molar-refractivity contribution in [3.63, 3.8) is 0 Å².